The summed E-state index contributed by atoms with van der Waals surface area (Å²) < 4.78 is 17.8. The molecule has 0 aromatic heterocycles. The lowest BCUT2D eigenvalue weighted by molar-refractivity contribution is -0.137. The molecule has 0 fully saturated rings. The van der Waals surface area contributed by atoms with Crippen LogP contribution in [0.25, 0.3) is 0 Å². The summed E-state index contributed by atoms with van der Waals surface area (Å²) in [5.74, 6) is -0.567. The molecule has 0 saturated carbocycles. The first-order chi connectivity index (χ1) is 6.61. The first kappa shape index (κ1) is 12.9. The van der Waals surface area contributed by atoms with Gasteiger partial charge >= 0.3 is 5.97 Å². The number of carbonyl (C=O) groups is 1. The number of rotatable bonds is 6. The molecule has 14 heavy (non-hydrogen) atoms. The standard InChI is InChI=1S/C10H18FNO2/c1-3-5-8(11)9(12)7-10(13)14-6-4-2/h7-8H,3-6,12H2,1-2H3. The number of esters is 1. The van der Waals surface area contributed by atoms with Gasteiger partial charge in [0.2, 0.25) is 0 Å². The molecule has 0 aliphatic carbocycles. The highest BCUT2D eigenvalue weighted by molar-refractivity contribution is 5.82. The van der Waals surface area contributed by atoms with Crippen LogP contribution >= 0.6 is 0 Å². The second-order valence-corrected chi connectivity index (χ2v) is 3.07. The van der Waals surface area contributed by atoms with Crippen LogP contribution in [-0.4, -0.2) is 18.7 Å². The Morgan fingerprint density at radius 3 is 2.64 bits per heavy atom. The van der Waals surface area contributed by atoms with Gasteiger partial charge in [-0.15, -0.1) is 0 Å². The molecule has 0 aliphatic heterocycles. The largest absolute Gasteiger partial charge is 0.462 e. The quantitative estimate of drug-likeness (QED) is 0.530. The van der Waals surface area contributed by atoms with Gasteiger partial charge in [-0.25, -0.2) is 9.18 Å². The normalized spacial score (nSPS) is 13.8. The number of allylic oxidation sites excluding steroid dienone is 1. The second kappa shape index (κ2) is 7.35. The van der Waals surface area contributed by atoms with Crippen molar-refractivity contribution in [3.8, 4) is 0 Å². The van der Waals surface area contributed by atoms with Crippen LogP contribution in [0.5, 0.6) is 0 Å². The lowest BCUT2D eigenvalue weighted by Crippen LogP contribution is -2.15. The third-order valence-corrected chi connectivity index (χ3v) is 1.64. The zero-order valence-corrected chi connectivity index (χ0v) is 8.75. The monoisotopic (exact) mass is 203 g/mol. The van der Waals surface area contributed by atoms with E-state index in [-0.39, 0.29) is 5.70 Å². The molecule has 4 heteroatoms. The Bertz CT molecular complexity index is 204. The van der Waals surface area contributed by atoms with E-state index >= 15 is 0 Å². The molecule has 0 amide bonds. The minimum Gasteiger partial charge on any atom is -0.462 e. The topological polar surface area (TPSA) is 52.3 Å². The van der Waals surface area contributed by atoms with E-state index in [4.69, 9.17) is 10.5 Å². The fourth-order valence-corrected chi connectivity index (χ4v) is 0.891. The van der Waals surface area contributed by atoms with Crippen molar-refractivity contribution in [1.82, 2.24) is 0 Å². The van der Waals surface area contributed by atoms with Crippen molar-refractivity contribution in [1.29, 1.82) is 0 Å². The summed E-state index contributed by atoms with van der Waals surface area (Å²) in [6.07, 6.45) is 1.56. The van der Waals surface area contributed by atoms with E-state index in [1.54, 1.807) is 0 Å². The van der Waals surface area contributed by atoms with Crippen molar-refractivity contribution >= 4 is 5.97 Å². The molecule has 0 radical (unpaired) electrons. The highest BCUT2D eigenvalue weighted by Gasteiger charge is 2.10. The van der Waals surface area contributed by atoms with Gasteiger partial charge in [-0.1, -0.05) is 20.3 Å². The number of alkyl halides is 1. The highest BCUT2D eigenvalue weighted by atomic mass is 19.1. The van der Waals surface area contributed by atoms with Crippen LogP contribution in [0.15, 0.2) is 11.8 Å². The Labute approximate surface area is 84.1 Å². The number of hydrogen-bond donors (Lipinski definition) is 1. The summed E-state index contributed by atoms with van der Waals surface area (Å²) >= 11 is 0. The molecule has 3 nitrogen and oxygen atoms in total. The molecule has 0 aromatic rings. The molecule has 2 N–H and O–H groups in total. The van der Waals surface area contributed by atoms with E-state index in [0.717, 1.165) is 12.5 Å². The maximum Gasteiger partial charge on any atom is 0.332 e. The number of carbonyl (C=O) groups excluding carboxylic acids is 1. The summed E-state index contributed by atoms with van der Waals surface area (Å²) in [5.41, 5.74) is 5.31. The number of halogens is 1. The molecule has 0 saturated heterocycles. The minimum absolute atomic E-state index is 0.0482. The summed E-state index contributed by atoms with van der Waals surface area (Å²) in [6.45, 7) is 4.08. The maximum absolute atomic E-state index is 13.1. The fraction of sp³-hybridized carbons (Fsp3) is 0.700. The molecule has 0 aliphatic rings. The van der Waals surface area contributed by atoms with Gasteiger partial charge in [-0.3, -0.25) is 0 Å². The Morgan fingerprint density at radius 2 is 2.14 bits per heavy atom. The smallest absolute Gasteiger partial charge is 0.332 e. The summed E-state index contributed by atoms with van der Waals surface area (Å²) in [7, 11) is 0. The highest BCUT2D eigenvalue weighted by Crippen LogP contribution is 2.08. The number of ether oxygens (including phenoxy) is 1. The van der Waals surface area contributed by atoms with E-state index in [9.17, 15) is 9.18 Å². The third kappa shape index (κ3) is 5.56. The van der Waals surface area contributed by atoms with Gasteiger partial charge in [0, 0.05) is 6.08 Å². The van der Waals surface area contributed by atoms with Gasteiger partial charge in [0.1, 0.15) is 6.17 Å². The van der Waals surface area contributed by atoms with Crippen molar-refractivity contribution in [3.05, 3.63) is 11.8 Å². The van der Waals surface area contributed by atoms with Crippen molar-refractivity contribution in [2.45, 2.75) is 39.3 Å². The summed E-state index contributed by atoms with van der Waals surface area (Å²) in [5, 5.41) is 0. The van der Waals surface area contributed by atoms with Crippen molar-refractivity contribution < 1.29 is 13.9 Å². The van der Waals surface area contributed by atoms with Crippen molar-refractivity contribution in [2.75, 3.05) is 6.61 Å². The lowest BCUT2D eigenvalue weighted by atomic mass is 10.2. The zero-order chi connectivity index (χ0) is 11.0. The van der Waals surface area contributed by atoms with E-state index in [1.165, 1.54) is 0 Å². The Balaban J connectivity index is 4.00. The van der Waals surface area contributed by atoms with Crippen LogP contribution in [0.4, 0.5) is 4.39 Å². The van der Waals surface area contributed by atoms with Crippen LogP contribution in [0.3, 0.4) is 0 Å². The van der Waals surface area contributed by atoms with Crippen LogP contribution < -0.4 is 5.73 Å². The Morgan fingerprint density at radius 1 is 1.50 bits per heavy atom. The average molecular weight is 203 g/mol. The first-order valence-corrected chi connectivity index (χ1v) is 4.89. The number of hydrogen-bond acceptors (Lipinski definition) is 3. The van der Waals surface area contributed by atoms with Crippen LogP contribution in [-0.2, 0) is 9.53 Å². The van der Waals surface area contributed by atoms with Crippen LogP contribution in [0, 0.1) is 0 Å². The van der Waals surface area contributed by atoms with Crippen LogP contribution in [0.1, 0.15) is 33.1 Å². The lowest BCUT2D eigenvalue weighted by Gasteiger charge is -2.06. The van der Waals surface area contributed by atoms with Crippen LogP contribution in [0.2, 0.25) is 0 Å². The second-order valence-electron chi connectivity index (χ2n) is 3.07. The SMILES string of the molecule is CCCOC(=O)C=C(N)C(F)CCC. The fourth-order valence-electron chi connectivity index (χ4n) is 0.891. The Hall–Kier alpha value is -1.06. The number of nitrogens with two attached hydrogens (primary N) is 1. The molecule has 0 rings (SSSR count). The van der Waals surface area contributed by atoms with Crippen molar-refractivity contribution in [2.24, 2.45) is 5.73 Å². The predicted molar refractivity (Wildman–Crippen MR) is 53.3 cm³/mol. The first-order valence-electron chi connectivity index (χ1n) is 4.89. The Kier molecular flexibility index (Phi) is 6.80. The van der Waals surface area contributed by atoms with E-state index in [0.29, 0.717) is 19.4 Å². The summed E-state index contributed by atoms with van der Waals surface area (Å²) in [6, 6.07) is 0. The van der Waals surface area contributed by atoms with Gasteiger partial charge in [0.25, 0.3) is 0 Å². The molecule has 0 bridgehead atoms. The maximum atomic E-state index is 13.1. The van der Waals surface area contributed by atoms with E-state index in [2.05, 4.69) is 0 Å². The third-order valence-electron chi connectivity index (χ3n) is 1.64. The van der Waals surface area contributed by atoms with Gasteiger partial charge in [-0.2, -0.15) is 0 Å². The summed E-state index contributed by atoms with van der Waals surface area (Å²) in [4.78, 5) is 11.0. The van der Waals surface area contributed by atoms with E-state index in [1.807, 2.05) is 13.8 Å². The molecule has 1 atom stereocenters. The van der Waals surface area contributed by atoms with Gasteiger partial charge in [-0.05, 0) is 12.8 Å². The molecular formula is C10H18FNO2. The zero-order valence-electron chi connectivity index (χ0n) is 8.75. The van der Waals surface area contributed by atoms with Gasteiger partial charge in [0.15, 0.2) is 0 Å². The molecule has 1 unspecified atom stereocenters. The molecule has 0 spiro atoms. The average Bonchev–Trinajstić information content (AvgIpc) is 2.15. The molecule has 0 aromatic carbocycles. The minimum atomic E-state index is -1.24. The predicted octanol–water partition coefficient (Wildman–Crippen LogP) is 1.92. The molecule has 82 valence electrons. The molecular weight excluding hydrogens is 185 g/mol. The van der Waals surface area contributed by atoms with Crippen molar-refractivity contribution in [3.63, 3.8) is 0 Å². The van der Waals surface area contributed by atoms with E-state index < -0.39 is 12.1 Å². The van der Waals surface area contributed by atoms with Gasteiger partial charge < -0.3 is 10.5 Å². The molecule has 0 heterocycles. The van der Waals surface area contributed by atoms with Gasteiger partial charge in [0.05, 0.1) is 12.3 Å².